The molecule has 27 heavy (non-hydrogen) atoms. The second-order valence-electron chi connectivity index (χ2n) is 7.67. The number of nitrogens with zero attached hydrogens (tertiary/aromatic N) is 2. The molecule has 0 bridgehead atoms. The molecule has 0 radical (unpaired) electrons. The number of fused-ring (bicyclic) bond motifs is 2. The highest BCUT2D eigenvalue weighted by molar-refractivity contribution is 6.07. The second kappa shape index (κ2) is 7.57. The quantitative estimate of drug-likeness (QED) is 0.745. The third-order valence-electron chi connectivity index (χ3n) is 5.50. The predicted molar refractivity (Wildman–Crippen MR) is 110 cm³/mol. The van der Waals surface area contributed by atoms with E-state index in [1.807, 2.05) is 24.4 Å². The van der Waals surface area contributed by atoms with E-state index in [-0.39, 0.29) is 11.9 Å². The SMILES string of the molecule is CN(C)CCn1cc(C(=O)N[C@@H]2CCCc3ccccc32)c2ccccc21. The summed E-state index contributed by atoms with van der Waals surface area (Å²) in [6, 6.07) is 16.8. The number of nitrogens with one attached hydrogen (secondary N) is 1. The Kier molecular flexibility index (Phi) is 4.99. The predicted octanol–water partition coefficient (Wildman–Crippen LogP) is 4.01. The number of likely N-dealkylation sites (N-methyl/N-ethyl adjacent to an activating group) is 1. The van der Waals surface area contributed by atoms with E-state index in [9.17, 15) is 4.79 Å². The number of para-hydroxylation sites is 1. The first-order valence-electron chi connectivity index (χ1n) is 9.75. The van der Waals surface area contributed by atoms with Crippen molar-refractivity contribution in [2.75, 3.05) is 20.6 Å². The van der Waals surface area contributed by atoms with Gasteiger partial charge in [0, 0.05) is 30.2 Å². The first-order valence-corrected chi connectivity index (χ1v) is 9.75. The van der Waals surface area contributed by atoms with Crippen molar-refractivity contribution in [2.24, 2.45) is 0 Å². The number of carbonyl (C=O) groups is 1. The van der Waals surface area contributed by atoms with E-state index in [0.29, 0.717) is 0 Å². The number of hydrogen-bond acceptors (Lipinski definition) is 2. The van der Waals surface area contributed by atoms with Gasteiger partial charge in [-0.1, -0.05) is 42.5 Å². The molecule has 1 aliphatic rings. The van der Waals surface area contributed by atoms with Crippen LogP contribution in [0.2, 0.25) is 0 Å². The summed E-state index contributed by atoms with van der Waals surface area (Å²) in [5, 5.41) is 4.32. The molecule has 1 aliphatic carbocycles. The van der Waals surface area contributed by atoms with Gasteiger partial charge in [-0.3, -0.25) is 4.79 Å². The van der Waals surface area contributed by atoms with E-state index >= 15 is 0 Å². The molecule has 2 aromatic carbocycles. The van der Waals surface area contributed by atoms with Crippen molar-refractivity contribution in [2.45, 2.75) is 31.8 Å². The van der Waals surface area contributed by atoms with Crippen molar-refractivity contribution in [3.8, 4) is 0 Å². The van der Waals surface area contributed by atoms with E-state index in [1.165, 1.54) is 11.1 Å². The lowest BCUT2D eigenvalue weighted by atomic mass is 9.87. The van der Waals surface area contributed by atoms with Gasteiger partial charge < -0.3 is 14.8 Å². The zero-order valence-electron chi connectivity index (χ0n) is 16.1. The lowest BCUT2D eigenvalue weighted by Gasteiger charge is -2.26. The summed E-state index contributed by atoms with van der Waals surface area (Å²) >= 11 is 0. The lowest BCUT2D eigenvalue weighted by Crippen LogP contribution is -2.30. The fourth-order valence-electron chi connectivity index (χ4n) is 4.06. The summed E-state index contributed by atoms with van der Waals surface area (Å²) in [7, 11) is 4.14. The number of aryl methyl sites for hydroxylation is 1. The Morgan fingerprint density at radius 2 is 1.93 bits per heavy atom. The summed E-state index contributed by atoms with van der Waals surface area (Å²) in [6.45, 7) is 1.81. The monoisotopic (exact) mass is 361 g/mol. The van der Waals surface area contributed by atoms with Crippen LogP contribution in [0.1, 0.15) is 40.4 Å². The normalized spacial score (nSPS) is 16.5. The molecule has 1 N–H and O–H groups in total. The Bertz CT molecular complexity index is 957. The van der Waals surface area contributed by atoms with Gasteiger partial charge in [-0.25, -0.2) is 0 Å². The third kappa shape index (κ3) is 3.62. The largest absolute Gasteiger partial charge is 0.345 e. The smallest absolute Gasteiger partial charge is 0.253 e. The van der Waals surface area contributed by atoms with Gasteiger partial charge in [-0.15, -0.1) is 0 Å². The van der Waals surface area contributed by atoms with Gasteiger partial charge in [-0.2, -0.15) is 0 Å². The van der Waals surface area contributed by atoms with Crippen LogP contribution >= 0.6 is 0 Å². The van der Waals surface area contributed by atoms with Crippen molar-refractivity contribution in [3.05, 3.63) is 71.4 Å². The lowest BCUT2D eigenvalue weighted by molar-refractivity contribution is 0.0934. The summed E-state index contributed by atoms with van der Waals surface area (Å²) in [5.41, 5.74) is 4.52. The van der Waals surface area contributed by atoms with Crippen molar-refractivity contribution >= 4 is 16.8 Å². The van der Waals surface area contributed by atoms with Gasteiger partial charge >= 0.3 is 0 Å². The maximum atomic E-state index is 13.2. The zero-order chi connectivity index (χ0) is 18.8. The van der Waals surface area contributed by atoms with Gasteiger partial charge in [0.25, 0.3) is 5.91 Å². The first kappa shape index (κ1) is 17.8. The first-order chi connectivity index (χ1) is 13.1. The Morgan fingerprint density at radius 1 is 1.15 bits per heavy atom. The highest BCUT2D eigenvalue weighted by Crippen LogP contribution is 2.30. The molecule has 0 saturated carbocycles. The average molecular weight is 361 g/mol. The van der Waals surface area contributed by atoms with Crippen LogP contribution in [-0.4, -0.2) is 36.0 Å². The molecule has 0 fully saturated rings. The van der Waals surface area contributed by atoms with Gasteiger partial charge in [0.1, 0.15) is 0 Å². The molecule has 1 atom stereocenters. The molecule has 4 heteroatoms. The standard InChI is InChI=1S/C23H27N3O/c1-25(2)14-15-26-16-20(19-11-5-6-13-22(19)26)23(27)24-21-12-7-9-17-8-3-4-10-18(17)21/h3-6,8,10-11,13,16,21H,7,9,12,14-15H2,1-2H3,(H,24,27)/t21-/m1/s1. The van der Waals surface area contributed by atoms with Crippen molar-refractivity contribution < 1.29 is 4.79 Å². The van der Waals surface area contributed by atoms with Crippen LogP contribution in [-0.2, 0) is 13.0 Å². The Balaban J connectivity index is 1.62. The van der Waals surface area contributed by atoms with Crippen LogP contribution in [0, 0.1) is 0 Å². The Hall–Kier alpha value is -2.59. The summed E-state index contributed by atoms with van der Waals surface area (Å²) < 4.78 is 2.19. The molecule has 1 heterocycles. The van der Waals surface area contributed by atoms with E-state index < -0.39 is 0 Å². The number of amides is 1. The molecule has 0 saturated heterocycles. The molecular weight excluding hydrogens is 334 g/mol. The Labute approximate surface area is 160 Å². The van der Waals surface area contributed by atoms with E-state index in [4.69, 9.17) is 0 Å². The zero-order valence-corrected chi connectivity index (χ0v) is 16.1. The number of benzene rings is 2. The van der Waals surface area contributed by atoms with Gasteiger partial charge in [0.15, 0.2) is 0 Å². The molecule has 4 nitrogen and oxygen atoms in total. The maximum Gasteiger partial charge on any atom is 0.253 e. The van der Waals surface area contributed by atoms with Crippen LogP contribution in [0.25, 0.3) is 10.9 Å². The third-order valence-corrected chi connectivity index (χ3v) is 5.50. The minimum absolute atomic E-state index is 0.0245. The molecule has 0 spiro atoms. The summed E-state index contributed by atoms with van der Waals surface area (Å²) in [6.07, 6.45) is 5.24. The van der Waals surface area contributed by atoms with Gasteiger partial charge in [0.05, 0.1) is 11.6 Å². The minimum Gasteiger partial charge on any atom is -0.345 e. The number of aromatic nitrogens is 1. The fraction of sp³-hybridized carbons (Fsp3) is 0.348. The highest BCUT2D eigenvalue weighted by atomic mass is 16.1. The number of carbonyl (C=O) groups excluding carboxylic acids is 1. The molecule has 1 amide bonds. The Morgan fingerprint density at radius 3 is 2.78 bits per heavy atom. The van der Waals surface area contributed by atoms with Crippen LogP contribution < -0.4 is 5.32 Å². The van der Waals surface area contributed by atoms with E-state index in [0.717, 1.165) is 48.8 Å². The van der Waals surface area contributed by atoms with Crippen molar-refractivity contribution in [1.29, 1.82) is 0 Å². The summed E-state index contributed by atoms with van der Waals surface area (Å²) in [4.78, 5) is 15.3. The van der Waals surface area contributed by atoms with Gasteiger partial charge in [0.2, 0.25) is 0 Å². The topological polar surface area (TPSA) is 37.3 Å². The molecule has 1 aromatic heterocycles. The van der Waals surface area contributed by atoms with Crippen LogP contribution in [0.15, 0.2) is 54.7 Å². The van der Waals surface area contributed by atoms with Crippen LogP contribution in [0.4, 0.5) is 0 Å². The molecule has 3 aromatic rings. The summed E-state index contributed by atoms with van der Waals surface area (Å²) in [5.74, 6) is 0.0245. The molecule has 0 aliphatic heterocycles. The van der Waals surface area contributed by atoms with E-state index in [2.05, 4.69) is 59.2 Å². The van der Waals surface area contributed by atoms with E-state index in [1.54, 1.807) is 0 Å². The molecular formula is C23H27N3O. The van der Waals surface area contributed by atoms with Crippen LogP contribution in [0.5, 0.6) is 0 Å². The van der Waals surface area contributed by atoms with Crippen molar-refractivity contribution in [1.82, 2.24) is 14.8 Å². The maximum absolute atomic E-state index is 13.2. The highest BCUT2D eigenvalue weighted by Gasteiger charge is 2.23. The van der Waals surface area contributed by atoms with Crippen LogP contribution in [0.3, 0.4) is 0 Å². The molecule has 140 valence electrons. The van der Waals surface area contributed by atoms with Crippen molar-refractivity contribution in [3.63, 3.8) is 0 Å². The van der Waals surface area contributed by atoms with Gasteiger partial charge in [-0.05, 0) is 50.6 Å². The number of rotatable bonds is 5. The second-order valence-corrected chi connectivity index (χ2v) is 7.67. The number of hydrogen-bond donors (Lipinski definition) is 1. The molecule has 4 rings (SSSR count). The molecule has 0 unspecified atom stereocenters. The average Bonchev–Trinajstić information content (AvgIpc) is 3.06. The fourth-order valence-corrected chi connectivity index (χ4v) is 4.06. The minimum atomic E-state index is 0.0245.